The minimum atomic E-state index is -0.145. The minimum Gasteiger partial charge on any atom is -0.370 e. The molecule has 2 amide bonds. The lowest BCUT2D eigenvalue weighted by Crippen LogP contribution is -3.14. The van der Waals surface area contributed by atoms with Crippen molar-refractivity contribution in [2.75, 3.05) is 39.4 Å². The molecule has 3 rings (SSSR count). The van der Waals surface area contributed by atoms with E-state index < -0.39 is 0 Å². The van der Waals surface area contributed by atoms with E-state index >= 15 is 0 Å². The predicted molar refractivity (Wildman–Crippen MR) is 112 cm³/mol. The second kappa shape index (κ2) is 10.7. The Balaban J connectivity index is 1.52. The van der Waals surface area contributed by atoms with Crippen LogP contribution in [0.1, 0.15) is 33.9 Å². The quantitative estimate of drug-likeness (QED) is 0.621. The van der Waals surface area contributed by atoms with Gasteiger partial charge in [-0.05, 0) is 24.1 Å². The molecule has 0 aliphatic carbocycles. The Bertz CT molecular complexity index is 804. The summed E-state index contributed by atoms with van der Waals surface area (Å²) in [6, 6.07) is 17.4. The number of aryl methyl sites for hydroxylation is 1. The van der Waals surface area contributed by atoms with Crippen molar-refractivity contribution in [3.8, 4) is 0 Å². The number of ether oxygens (including phenoxy) is 1. The molecule has 0 bridgehead atoms. The summed E-state index contributed by atoms with van der Waals surface area (Å²) in [6.07, 6.45) is 0.249. The van der Waals surface area contributed by atoms with E-state index in [9.17, 15) is 9.59 Å². The predicted octanol–water partition coefficient (Wildman–Crippen LogP) is 0.888. The van der Waals surface area contributed by atoms with Crippen LogP contribution in [-0.2, 0) is 9.53 Å². The van der Waals surface area contributed by atoms with Crippen molar-refractivity contribution >= 4 is 11.8 Å². The highest BCUT2D eigenvalue weighted by Gasteiger charge is 2.22. The van der Waals surface area contributed by atoms with Crippen LogP contribution in [0.25, 0.3) is 0 Å². The van der Waals surface area contributed by atoms with E-state index in [1.807, 2.05) is 55.5 Å². The Morgan fingerprint density at radius 2 is 1.72 bits per heavy atom. The second-order valence-corrected chi connectivity index (χ2v) is 7.42. The third kappa shape index (κ3) is 6.41. The number of amides is 2. The van der Waals surface area contributed by atoms with E-state index in [0.29, 0.717) is 12.1 Å². The Kier molecular flexibility index (Phi) is 7.78. The number of hydrogen-bond donors (Lipinski definition) is 3. The second-order valence-electron chi connectivity index (χ2n) is 7.42. The fourth-order valence-corrected chi connectivity index (χ4v) is 3.57. The highest BCUT2D eigenvalue weighted by Crippen LogP contribution is 2.11. The molecule has 1 aliphatic heterocycles. The average molecular weight is 397 g/mol. The molecular formula is C23H30N3O3+. The van der Waals surface area contributed by atoms with Gasteiger partial charge in [-0.25, -0.2) is 0 Å². The van der Waals surface area contributed by atoms with Gasteiger partial charge >= 0.3 is 0 Å². The van der Waals surface area contributed by atoms with Crippen molar-refractivity contribution in [3.63, 3.8) is 0 Å². The molecule has 0 saturated carbocycles. The van der Waals surface area contributed by atoms with Gasteiger partial charge in [0.25, 0.3) is 5.91 Å². The number of morpholine rings is 1. The highest BCUT2D eigenvalue weighted by atomic mass is 16.5. The molecular weight excluding hydrogens is 366 g/mol. The van der Waals surface area contributed by atoms with Gasteiger partial charge in [-0.15, -0.1) is 0 Å². The van der Waals surface area contributed by atoms with E-state index in [-0.39, 0.29) is 24.3 Å². The molecule has 0 spiro atoms. The molecule has 2 aromatic rings. The van der Waals surface area contributed by atoms with Crippen LogP contribution in [0.4, 0.5) is 0 Å². The van der Waals surface area contributed by atoms with Crippen LogP contribution in [0.15, 0.2) is 54.6 Å². The lowest BCUT2D eigenvalue weighted by molar-refractivity contribution is -0.909. The monoisotopic (exact) mass is 396 g/mol. The summed E-state index contributed by atoms with van der Waals surface area (Å²) in [5, 5.41) is 6.00. The molecule has 6 nitrogen and oxygen atoms in total. The standard InChI is InChI=1S/C23H29N3O3/c1-18-7-5-6-10-20(18)23(28)24-12-11-22(27)25-21(19-8-3-2-4-9-19)17-26-13-15-29-16-14-26/h2-10,21H,11-17H2,1H3,(H,24,28)(H,25,27)/p+1/t21-/m1/s1. The molecule has 29 heavy (non-hydrogen) atoms. The number of quaternary nitrogens is 1. The van der Waals surface area contributed by atoms with Crippen molar-refractivity contribution < 1.29 is 19.2 Å². The maximum absolute atomic E-state index is 12.6. The SMILES string of the molecule is Cc1ccccc1C(=O)NCCC(=O)N[C@H](C[NH+]1CCOCC1)c1ccccc1. The molecule has 0 unspecified atom stereocenters. The summed E-state index contributed by atoms with van der Waals surface area (Å²) >= 11 is 0. The minimum absolute atomic E-state index is 0.0520. The Morgan fingerprint density at radius 1 is 1.03 bits per heavy atom. The van der Waals surface area contributed by atoms with E-state index in [1.165, 1.54) is 4.90 Å². The molecule has 3 N–H and O–H groups in total. The number of carbonyl (C=O) groups excluding carboxylic acids is 2. The van der Waals surface area contributed by atoms with Crippen LogP contribution in [0, 0.1) is 6.92 Å². The van der Waals surface area contributed by atoms with Crippen LogP contribution >= 0.6 is 0 Å². The van der Waals surface area contributed by atoms with Gasteiger partial charge in [0.15, 0.2) is 0 Å². The maximum Gasteiger partial charge on any atom is 0.251 e. The molecule has 1 aliphatic rings. The molecule has 2 aromatic carbocycles. The fraction of sp³-hybridized carbons (Fsp3) is 0.391. The zero-order valence-corrected chi connectivity index (χ0v) is 16.9. The van der Waals surface area contributed by atoms with Crippen molar-refractivity contribution in [1.29, 1.82) is 0 Å². The van der Waals surface area contributed by atoms with E-state index in [0.717, 1.165) is 44.0 Å². The van der Waals surface area contributed by atoms with Crippen molar-refractivity contribution in [2.45, 2.75) is 19.4 Å². The first-order chi connectivity index (χ1) is 14.1. The third-order valence-corrected chi connectivity index (χ3v) is 5.26. The van der Waals surface area contributed by atoms with Gasteiger partial charge in [-0.3, -0.25) is 9.59 Å². The zero-order valence-electron chi connectivity index (χ0n) is 16.9. The van der Waals surface area contributed by atoms with Crippen LogP contribution in [0.3, 0.4) is 0 Å². The van der Waals surface area contributed by atoms with Crippen molar-refractivity contribution in [1.82, 2.24) is 10.6 Å². The molecule has 1 atom stereocenters. The van der Waals surface area contributed by atoms with Gasteiger partial charge < -0.3 is 20.3 Å². The molecule has 1 saturated heterocycles. The van der Waals surface area contributed by atoms with Crippen LogP contribution in [0.2, 0.25) is 0 Å². The summed E-state index contributed by atoms with van der Waals surface area (Å²) in [5.41, 5.74) is 2.67. The van der Waals surface area contributed by atoms with Gasteiger partial charge in [0, 0.05) is 18.5 Å². The van der Waals surface area contributed by atoms with Crippen molar-refractivity contribution in [3.05, 3.63) is 71.3 Å². The molecule has 1 heterocycles. The Morgan fingerprint density at radius 3 is 2.45 bits per heavy atom. The molecule has 6 heteroatoms. The fourth-order valence-electron chi connectivity index (χ4n) is 3.57. The highest BCUT2D eigenvalue weighted by molar-refractivity contribution is 5.95. The number of rotatable bonds is 8. The molecule has 0 aromatic heterocycles. The summed E-state index contributed by atoms with van der Waals surface area (Å²) in [7, 11) is 0. The number of carbonyl (C=O) groups is 2. The lowest BCUT2D eigenvalue weighted by atomic mass is 10.1. The molecule has 154 valence electrons. The Labute approximate surface area is 172 Å². The van der Waals surface area contributed by atoms with Crippen LogP contribution in [-0.4, -0.2) is 51.2 Å². The van der Waals surface area contributed by atoms with Gasteiger partial charge in [0.1, 0.15) is 25.7 Å². The van der Waals surface area contributed by atoms with Gasteiger partial charge in [0.2, 0.25) is 5.91 Å². The van der Waals surface area contributed by atoms with E-state index in [4.69, 9.17) is 4.74 Å². The van der Waals surface area contributed by atoms with Crippen LogP contribution in [0.5, 0.6) is 0 Å². The van der Waals surface area contributed by atoms with E-state index in [1.54, 1.807) is 6.07 Å². The maximum atomic E-state index is 12.6. The summed E-state index contributed by atoms with van der Waals surface area (Å²) in [6.45, 7) is 6.46. The van der Waals surface area contributed by atoms with Gasteiger partial charge in [-0.2, -0.15) is 0 Å². The topological polar surface area (TPSA) is 71.9 Å². The molecule has 1 fully saturated rings. The van der Waals surface area contributed by atoms with Gasteiger partial charge in [0.05, 0.1) is 13.2 Å². The largest absolute Gasteiger partial charge is 0.370 e. The lowest BCUT2D eigenvalue weighted by Gasteiger charge is -2.28. The average Bonchev–Trinajstić information content (AvgIpc) is 2.75. The van der Waals surface area contributed by atoms with E-state index in [2.05, 4.69) is 10.6 Å². The first-order valence-electron chi connectivity index (χ1n) is 10.2. The molecule has 0 radical (unpaired) electrons. The smallest absolute Gasteiger partial charge is 0.251 e. The number of nitrogens with one attached hydrogen (secondary N) is 3. The van der Waals surface area contributed by atoms with Gasteiger partial charge in [-0.1, -0.05) is 48.5 Å². The number of benzene rings is 2. The number of hydrogen-bond acceptors (Lipinski definition) is 3. The van der Waals surface area contributed by atoms with Crippen LogP contribution < -0.4 is 15.5 Å². The summed E-state index contributed by atoms with van der Waals surface area (Å²) in [5.74, 6) is -0.204. The summed E-state index contributed by atoms with van der Waals surface area (Å²) in [4.78, 5) is 26.3. The first kappa shape index (κ1) is 21.0. The third-order valence-electron chi connectivity index (χ3n) is 5.26. The zero-order chi connectivity index (χ0) is 20.5. The normalized spacial score (nSPS) is 15.5. The first-order valence-corrected chi connectivity index (χ1v) is 10.2. The Hall–Kier alpha value is -2.70. The summed E-state index contributed by atoms with van der Waals surface area (Å²) < 4.78 is 5.44. The van der Waals surface area contributed by atoms with Crippen molar-refractivity contribution in [2.24, 2.45) is 0 Å².